The molecule has 0 radical (unpaired) electrons. The Bertz CT molecular complexity index is 1120. The standard InChI is InChI=1S/C23H19FN2O4/c1-29-20-9-5-3-7-17(20)23(28)25-16-10-11-21-19(12-16)26(22(27)14-30-21)13-15-6-2-4-8-18(15)24/h2-12H,13-14H2,1H3,(H,25,28). The average molecular weight is 406 g/mol. The predicted molar refractivity (Wildman–Crippen MR) is 110 cm³/mol. The second kappa shape index (κ2) is 8.24. The van der Waals surface area contributed by atoms with Crippen LogP contribution >= 0.6 is 0 Å². The van der Waals surface area contributed by atoms with Crippen molar-refractivity contribution in [3.63, 3.8) is 0 Å². The first-order valence-corrected chi connectivity index (χ1v) is 9.32. The third-order valence-corrected chi connectivity index (χ3v) is 4.80. The van der Waals surface area contributed by atoms with Crippen LogP contribution in [0.2, 0.25) is 0 Å². The number of carbonyl (C=O) groups is 2. The number of hydrogen-bond acceptors (Lipinski definition) is 4. The highest BCUT2D eigenvalue weighted by Gasteiger charge is 2.27. The number of para-hydroxylation sites is 1. The van der Waals surface area contributed by atoms with Crippen molar-refractivity contribution in [2.45, 2.75) is 6.54 Å². The summed E-state index contributed by atoms with van der Waals surface area (Å²) in [7, 11) is 1.49. The van der Waals surface area contributed by atoms with Crippen LogP contribution in [-0.2, 0) is 11.3 Å². The fraction of sp³-hybridized carbons (Fsp3) is 0.130. The highest BCUT2D eigenvalue weighted by Crippen LogP contribution is 2.36. The molecule has 0 aliphatic carbocycles. The average Bonchev–Trinajstić information content (AvgIpc) is 2.77. The third-order valence-electron chi connectivity index (χ3n) is 4.80. The minimum absolute atomic E-state index is 0.0613. The smallest absolute Gasteiger partial charge is 0.265 e. The summed E-state index contributed by atoms with van der Waals surface area (Å²) in [6, 6.07) is 18.2. The van der Waals surface area contributed by atoms with Crippen molar-refractivity contribution in [1.29, 1.82) is 0 Å². The van der Waals surface area contributed by atoms with Gasteiger partial charge in [-0.1, -0.05) is 30.3 Å². The third kappa shape index (κ3) is 3.82. The van der Waals surface area contributed by atoms with E-state index in [2.05, 4.69) is 5.32 Å². The summed E-state index contributed by atoms with van der Waals surface area (Å²) in [6.07, 6.45) is 0. The van der Waals surface area contributed by atoms with Gasteiger partial charge in [0, 0.05) is 11.3 Å². The van der Waals surface area contributed by atoms with Crippen molar-refractivity contribution in [2.24, 2.45) is 0 Å². The Hall–Kier alpha value is -3.87. The normalized spacial score (nSPS) is 12.7. The molecular formula is C23H19FN2O4. The summed E-state index contributed by atoms with van der Waals surface area (Å²) in [5, 5.41) is 2.81. The maximum atomic E-state index is 14.1. The van der Waals surface area contributed by atoms with Crippen molar-refractivity contribution < 1.29 is 23.5 Å². The molecule has 0 atom stereocenters. The second-order valence-corrected chi connectivity index (χ2v) is 6.70. The quantitative estimate of drug-likeness (QED) is 0.695. The molecule has 0 fully saturated rings. The number of fused-ring (bicyclic) bond motifs is 1. The Kier molecular flexibility index (Phi) is 5.34. The SMILES string of the molecule is COc1ccccc1C(=O)Nc1ccc2c(c1)N(Cc1ccccc1F)C(=O)CO2. The zero-order chi connectivity index (χ0) is 21.1. The zero-order valence-electron chi connectivity index (χ0n) is 16.2. The minimum Gasteiger partial charge on any atom is -0.496 e. The van der Waals surface area contributed by atoms with Crippen LogP contribution in [-0.4, -0.2) is 25.5 Å². The molecule has 0 saturated heterocycles. The Labute approximate surface area is 172 Å². The summed E-state index contributed by atoms with van der Waals surface area (Å²) in [5.41, 5.74) is 1.71. The number of hydrogen-bond donors (Lipinski definition) is 1. The summed E-state index contributed by atoms with van der Waals surface area (Å²) in [5.74, 6) is -0.0945. The Morgan fingerprint density at radius 1 is 1.13 bits per heavy atom. The molecule has 1 aliphatic heterocycles. The van der Waals surface area contributed by atoms with Crippen LogP contribution in [0.15, 0.2) is 66.7 Å². The van der Waals surface area contributed by atoms with Gasteiger partial charge >= 0.3 is 0 Å². The highest BCUT2D eigenvalue weighted by atomic mass is 19.1. The second-order valence-electron chi connectivity index (χ2n) is 6.70. The van der Waals surface area contributed by atoms with E-state index in [0.29, 0.717) is 34.0 Å². The molecule has 2 amide bonds. The van der Waals surface area contributed by atoms with Crippen LogP contribution in [0.3, 0.4) is 0 Å². The minimum atomic E-state index is -0.390. The topological polar surface area (TPSA) is 67.9 Å². The number of rotatable bonds is 5. The summed E-state index contributed by atoms with van der Waals surface area (Å²) >= 11 is 0. The molecule has 0 aromatic heterocycles. The van der Waals surface area contributed by atoms with Gasteiger partial charge in [-0.15, -0.1) is 0 Å². The predicted octanol–water partition coefficient (Wildman–Crippen LogP) is 4.01. The number of methoxy groups -OCH3 is 1. The molecule has 4 rings (SSSR count). The summed E-state index contributed by atoms with van der Waals surface area (Å²) < 4.78 is 24.9. The molecule has 0 unspecified atom stereocenters. The maximum Gasteiger partial charge on any atom is 0.265 e. The van der Waals surface area contributed by atoms with Crippen molar-refractivity contribution in [3.05, 3.63) is 83.7 Å². The van der Waals surface area contributed by atoms with Crippen LogP contribution in [0.4, 0.5) is 15.8 Å². The molecule has 6 nitrogen and oxygen atoms in total. The Balaban J connectivity index is 1.63. The highest BCUT2D eigenvalue weighted by molar-refractivity contribution is 6.07. The first kappa shape index (κ1) is 19.4. The van der Waals surface area contributed by atoms with Crippen LogP contribution in [0, 0.1) is 5.82 Å². The number of nitrogens with one attached hydrogen (secondary N) is 1. The molecule has 152 valence electrons. The van der Waals surface area contributed by atoms with Gasteiger partial charge in [0.25, 0.3) is 11.8 Å². The molecule has 30 heavy (non-hydrogen) atoms. The molecule has 1 N–H and O–H groups in total. The number of nitrogens with zero attached hydrogens (tertiary/aromatic N) is 1. The van der Waals surface area contributed by atoms with Crippen LogP contribution < -0.4 is 19.7 Å². The molecule has 0 saturated carbocycles. The van der Waals surface area contributed by atoms with Crippen molar-refractivity contribution in [1.82, 2.24) is 0 Å². The van der Waals surface area contributed by atoms with E-state index in [1.54, 1.807) is 60.7 Å². The van der Waals surface area contributed by atoms with E-state index in [1.165, 1.54) is 18.1 Å². The first-order chi connectivity index (χ1) is 14.6. The summed E-state index contributed by atoms with van der Waals surface area (Å²) in [4.78, 5) is 26.6. The lowest BCUT2D eigenvalue weighted by molar-refractivity contribution is -0.121. The maximum absolute atomic E-state index is 14.1. The van der Waals surface area contributed by atoms with Gasteiger partial charge in [0.05, 0.1) is 24.9 Å². The number of ether oxygens (including phenoxy) is 2. The van der Waals surface area contributed by atoms with Crippen molar-refractivity contribution in [2.75, 3.05) is 23.9 Å². The van der Waals surface area contributed by atoms with E-state index >= 15 is 0 Å². The van der Waals surface area contributed by atoms with E-state index in [1.807, 2.05) is 0 Å². The molecule has 1 aliphatic rings. The number of carbonyl (C=O) groups excluding carboxylic acids is 2. The zero-order valence-corrected chi connectivity index (χ0v) is 16.2. The van der Waals surface area contributed by atoms with Crippen LogP contribution in [0.25, 0.3) is 0 Å². The molecule has 1 heterocycles. The van der Waals surface area contributed by atoms with Gasteiger partial charge in [0.15, 0.2) is 6.61 Å². The first-order valence-electron chi connectivity index (χ1n) is 9.32. The van der Waals surface area contributed by atoms with E-state index < -0.39 is 0 Å². The molecule has 3 aromatic carbocycles. The number of benzene rings is 3. The number of amides is 2. The van der Waals surface area contributed by atoms with Gasteiger partial charge in [-0.3, -0.25) is 9.59 Å². The van der Waals surface area contributed by atoms with Gasteiger partial charge in [0.2, 0.25) is 0 Å². The molecule has 0 spiro atoms. The fourth-order valence-corrected chi connectivity index (χ4v) is 3.28. The van der Waals surface area contributed by atoms with Crippen molar-refractivity contribution in [3.8, 4) is 11.5 Å². The molecule has 0 bridgehead atoms. The van der Waals surface area contributed by atoms with E-state index in [-0.39, 0.29) is 30.8 Å². The number of halogens is 1. The number of anilines is 2. The molecule has 7 heteroatoms. The molecule has 3 aromatic rings. The van der Waals surface area contributed by atoms with Gasteiger partial charge < -0.3 is 19.7 Å². The van der Waals surface area contributed by atoms with E-state index in [9.17, 15) is 14.0 Å². The lowest BCUT2D eigenvalue weighted by atomic mass is 10.1. The lowest BCUT2D eigenvalue weighted by Crippen LogP contribution is -2.38. The van der Waals surface area contributed by atoms with Gasteiger partial charge in [-0.2, -0.15) is 0 Å². The van der Waals surface area contributed by atoms with Crippen LogP contribution in [0.1, 0.15) is 15.9 Å². The van der Waals surface area contributed by atoms with Gasteiger partial charge in [-0.25, -0.2) is 4.39 Å². The van der Waals surface area contributed by atoms with E-state index in [4.69, 9.17) is 9.47 Å². The van der Waals surface area contributed by atoms with Gasteiger partial charge in [0.1, 0.15) is 17.3 Å². The Morgan fingerprint density at radius 2 is 1.90 bits per heavy atom. The monoisotopic (exact) mass is 406 g/mol. The van der Waals surface area contributed by atoms with Gasteiger partial charge in [-0.05, 0) is 36.4 Å². The van der Waals surface area contributed by atoms with E-state index in [0.717, 1.165) is 0 Å². The molecular weight excluding hydrogens is 387 g/mol. The summed E-state index contributed by atoms with van der Waals surface area (Å²) in [6.45, 7) is -0.0693. The largest absolute Gasteiger partial charge is 0.496 e. The lowest BCUT2D eigenvalue weighted by Gasteiger charge is -2.30. The Morgan fingerprint density at radius 3 is 2.70 bits per heavy atom. The fourth-order valence-electron chi connectivity index (χ4n) is 3.28. The van der Waals surface area contributed by atoms with Crippen LogP contribution in [0.5, 0.6) is 11.5 Å². The van der Waals surface area contributed by atoms with Crippen molar-refractivity contribution >= 4 is 23.2 Å².